The van der Waals surface area contributed by atoms with Gasteiger partial charge in [0.25, 0.3) is 0 Å². The Morgan fingerprint density at radius 2 is 2.22 bits per heavy atom. The fraction of sp³-hybridized carbons (Fsp3) is 0.600. The van der Waals surface area contributed by atoms with Crippen molar-refractivity contribution < 1.29 is 4.79 Å². The SMILES string of the molecule is CC(C)n1ccc(CC(=O)CC2=CCCCC2)n1. The lowest BCUT2D eigenvalue weighted by molar-refractivity contribution is -0.117. The van der Waals surface area contributed by atoms with Crippen LogP contribution < -0.4 is 0 Å². The number of rotatable bonds is 5. The Balaban J connectivity index is 1.88. The van der Waals surface area contributed by atoms with Gasteiger partial charge in [0.15, 0.2) is 0 Å². The quantitative estimate of drug-likeness (QED) is 0.746. The van der Waals surface area contributed by atoms with Crippen LogP contribution >= 0.6 is 0 Å². The molecule has 98 valence electrons. The van der Waals surface area contributed by atoms with Gasteiger partial charge in [0.1, 0.15) is 5.78 Å². The molecule has 0 unspecified atom stereocenters. The van der Waals surface area contributed by atoms with Crippen molar-refractivity contribution >= 4 is 5.78 Å². The number of hydrogen-bond donors (Lipinski definition) is 0. The maximum atomic E-state index is 12.0. The van der Waals surface area contributed by atoms with Crippen LogP contribution in [0.2, 0.25) is 0 Å². The number of carbonyl (C=O) groups excluding carboxylic acids is 1. The third-order valence-electron chi connectivity index (χ3n) is 3.38. The third kappa shape index (κ3) is 3.56. The number of ketones is 1. The minimum Gasteiger partial charge on any atom is -0.299 e. The molecular weight excluding hydrogens is 224 g/mol. The standard InChI is InChI=1S/C15H22N2O/c1-12(2)17-9-8-14(16-17)11-15(18)10-13-6-4-3-5-7-13/h6,8-9,12H,3-5,7,10-11H2,1-2H3. The molecule has 18 heavy (non-hydrogen) atoms. The average molecular weight is 246 g/mol. The Hall–Kier alpha value is -1.38. The van der Waals surface area contributed by atoms with Crippen molar-refractivity contribution in [2.75, 3.05) is 0 Å². The van der Waals surface area contributed by atoms with E-state index in [-0.39, 0.29) is 5.78 Å². The summed E-state index contributed by atoms with van der Waals surface area (Å²) in [6.45, 7) is 4.18. The van der Waals surface area contributed by atoms with E-state index in [1.165, 1.54) is 18.4 Å². The van der Waals surface area contributed by atoms with Crippen molar-refractivity contribution in [1.29, 1.82) is 0 Å². The first-order chi connectivity index (χ1) is 8.65. The zero-order valence-electron chi connectivity index (χ0n) is 11.4. The number of nitrogens with zero attached hydrogens (tertiary/aromatic N) is 2. The molecule has 1 aliphatic rings. The lowest BCUT2D eigenvalue weighted by Gasteiger charge is -2.11. The fourth-order valence-corrected chi connectivity index (χ4v) is 2.34. The van der Waals surface area contributed by atoms with Gasteiger partial charge < -0.3 is 0 Å². The first-order valence-electron chi connectivity index (χ1n) is 6.89. The summed E-state index contributed by atoms with van der Waals surface area (Å²) in [5.74, 6) is 0.289. The van der Waals surface area contributed by atoms with E-state index >= 15 is 0 Å². The normalized spacial score (nSPS) is 15.8. The highest BCUT2D eigenvalue weighted by molar-refractivity contribution is 5.82. The Morgan fingerprint density at radius 1 is 1.39 bits per heavy atom. The van der Waals surface area contributed by atoms with Crippen molar-refractivity contribution in [2.24, 2.45) is 0 Å². The lowest BCUT2D eigenvalue weighted by atomic mass is 9.95. The summed E-state index contributed by atoms with van der Waals surface area (Å²) in [4.78, 5) is 12.0. The minimum atomic E-state index is 0.289. The van der Waals surface area contributed by atoms with E-state index < -0.39 is 0 Å². The molecule has 1 heterocycles. The molecule has 0 amide bonds. The molecule has 0 spiro atoms. The highest BCUT2D eigenvalue weighted by Crippen LogP contribution is 2.20. The van der Waals surface area contributed by atoms with Gasteiger partial charge in [-0.2, -0.15) is 5.10 Å². The van der Waals surface area contributed by atoms with Gasteiger partial charge in [-0.25, -0.2) is 0 Å². The van der Waals surface area contributed by atoms with Gasteiger partial charge in [0, 0.05) is 18.7 Å². The zero-order valence-corrected chi connectivity index (χ0v) is 11.4. The number of Topliss-reactive ketones (excluding diaryl/α,β-unsaturated/α-hetero) is 1. The highest BCUT2D eigenvalue weighted by atomic mass is 16.1. The van der Waals surface area contributed by atoms with Crippen LogP contribution in [0.25, 0.3) is 0 Å². The smallest absolute Gasteiger partial charge is 0.142 e. The average Bonchev–Trinajstić information content (AvgIpc) is 2.78. The molecule has 0 atom stereocenters. The molecule has 2 rings (SSSR count). The number of hydrogen-bond acceptors (Lipinski definition) is 2. The third-order valence-corrected chi connectivity index (χ3v) is 3.38. The predicted molar refractivity (Wildman–Crippen MR) is 72.5 cm³/mol. The maximum absolute atomic E-state index is 12.0. The van der Waals surface area contributed by atoms with Crippen molar-refractivity contribution in [3.8, 4) is 0 Å². The summed E-state index contributed by atoms with van der Waals surface area (Å²) < 4.78 is 1.91. The van der Waals surface area contributed by atoms with Gasteiger partial charge in [-0.3, -0.25) is 9.48 Å². The highest BCUT2D eigenvalue weighted by Gasteiger charge is 2.11. The molecule has 0 bridgehead atoms. The molecule has 0 radical (unpaired) electrons. The summed E-state index contributed by atoms with van der Waals surface area (Å²) in [5, 5.41) is 4.42. The number of aromatic nitrogens is 2. The molecule has 1 aliphatic carbocycles. The van der Waals surface area contributed by atoms with Gasteiger partial charge in [-0.15, -0.1) is 0 Å². The van der Waals surface area contributed by atoms with E-state index in [9.17, 15) is 4.79 Å². The van der Waals surface area contributed by atoms with E-state index in [1.807, 2.05) is 16.9 Å². The molecule has 3 nitrogen and oxygen atoms in total. The summed E-state index contributed by atoms with van der Waals surface area (Å²) in [6.07, 6.45) is 10.0. The van der Waals surface area contributed by atoms with Crippen LogP contribution in [0.4, 0.5) is 0 Å². The largest absolute Gasteiger partial charge is 0.299 e. The van der Waals surface area contributed by atoms with E-state index in [2.05, 4.69) is 25.0 Å². The molecule has 1 aromatic rings. The molecule has 0 N–H and O–H groups in total. The van der Waals surface area contributed by atoms with E-state index in [4.69, 9.17) is 0 Å². The van der Waals surface area contributed by atoms with Crippen LogP contribution in [-0.4, -0.2) is 15.6 Å². The van der Waals surface area contributed by atoms with Gasteiger partial charge in [-0.1, -0.05) is 11.6 Å². The van der Waals surface area contributed by atoms with E-state index in [0.29, 0.717) is 18.9 Å². The summed E-state index contributed by atoms with van der Waals surface area (Å²) in [5.41, 5.74) is 2.22. The minimum absolute atomic E-state index is 0.289. The molecule has 0 saturated carbocycles. The van der Waals surface area contributed by atoms with Crippen LogP contribution in [0, 0.1) is 0 Å². The zero-order chi connectivity index (χ0) is 13.0. The second-order valence-electron chi connectivity index (χ2n) is 5.38. The van der Waals surface area contributed by atoms with Crippen LogP contribution in [0.1, 0.15) is 57.7 Å². The first-order valence-corrected chi connectivity index (χ1v) is 6.89. The van der Waals surface area contributed by atoms with Crippen LogP contribution in [0.5, 0.6) is 0 Å². The van der Waals surface area contributed by atoms with Gasteiger partial charge in [-0.05, 0) is 45.6 Å². The number of carbonyl (C=O) groups is 1. The van der Waals surface area contributed by atoms with Gasteiger partial charge in [0.2, 0.25) is 0 Å². The van der Waals surface area contributed by atoms with Crippen molar-refractivity contribution in [3.63, 3.8) is 0 Å². The van der Waals surface area contributed by atoms with Crippen molar-refractivity contribution in [2.45, 2.75) is 58.4 Å². The molecule has 3 heteroatoms. The number of allylic oxidation sites excluding steroid dienone is 2. The lowest BCUT2D eigenvalue weighted by Crippen LogP contribution is -2.08. The second-order valence-corrected chi connectivity index (χ2v) is 5.38. The maximum Gasteiger partial charge on any atom is 0.142 e. The van der Waals surface area contributed by atoms with Gasteiger partial charge >= 0.3 is 0 Å². The molecule has 0 saturated heterocycles. The molecule has 0 aromatic carbocycles. The van der Waals surface area contributed by atoms with Crippen LogP contribution in [0.3, 0.4) is 0 Å². The molecule has 1 aromatic heterocycles. The predicted octanol–water partition coefficient (Wildman–Crippen LogP) is 3.47. The first kappa shape index (κ1) is 13.1. The van der Waals surface area contributed by atoms with Crippen molar-refractivity contribution in [3.05, 3.63) is 29.6 Å². The molecular formula is C15H22N2O. The fourth-order valence-electron chi connectivity index (χ4n) is 2.34. The van der Waals surface area contributed by atoms with Crippen LogP contribution in [0.15, 0.2) is 23.9 Å². The summed E-state index contributed by atoms with van der Waals surface area (Å²) >= 11 is 0. The monoisotopic (exact) mass is 246 g/mol. The summed E-state index contributed by atoms with van der Waals surface area (Å²) in [6, 6.07) is 2.31. The van der Waals surface area contributed by atoms with Gasteiger partial charge in [0.05, 0.1) is 12.1 Å². The summed E-state index contributed by atoms with van der Waals surface area (Å²) in [7, 11) is 0. The molecule has 0 fully saturated rings. The topological polar surface area (TPSA) is 34.9 Å². The Bertz CT molecular complexity index is 443. The second kappa shape index (κ2) is 5.98. The Labute approximate surface area is 109 Å². The van der Waals surface area contributed by atoms with E-state index in [1.54, 1.807) is 0 Å². The molecule has 0 aliphatic heterocycles. The van der Waals surface area contributed by atoms with E-state index in [0.717, 1.165) is 18.5 Å². The van der Waals surface area contributed by atoms with Crippen molar-refractivity contribution in [1.82, 2.24) is 9.78 Å². The van der Waals surface area contributed by atoms with Crippen LogP contribution in [-0.2, 0) is 11.2 Å². The Morgan fingerprint density at radius 3 is 2.83 bits per heavy atom. The Kier molecular flexibility index (Phi) is 4.34.